The Morgan fingerprint density at radius 2 is 2.05 bits per heavy atom. The molecule has 0 aliphatic carbocycles. The van der Waals surface area contributed by atoms with Crippen molar-refractivity contribution in [1.29, 1.82) is 0 Å². The number of benzene rings is 1. The Balaban J connectivity index is 2.10. The van der Waals surface area contributed by atoms with Crippen LogP contribution in [-0.4, -0.2) is 13.1 Å². The van der Waals surface area contributed by atoms with Gasteiger partial charge >= 0.3 is 0 Å². The van der Waals surface area contributed by atoms with E-state index in [9.17, 15) is 0 Å². The molecule has 2 N–H and O–H groups in total. The molecule has 4 heteroatoms. The number of halogens is 1. The van der Waals surface area contributed by atoms with Crippen molar-refractivity contribution in [3.63, 3.8) is 0 Å². The van der Waals surface area contributed by atoms with Crippen molar-refractivity contribution in [3.8, 4) is 0 Å². The molecule has 0 spiro atoms. The van der Waals surface area contributed by atoms with E-state index in [-0.39, 0.29) is 6.04 Å². The molecule has 1 heterocycles. The minimum atomic E-state index is 0.200. The van der Waals surface area contributed by atoms with Gasteiger partial charge in [-0.2, -0.15) is 0 Å². The summed E-state index contributed by atoms with van der Waals surface area (Å²) in [6.45, 7) is 5.07. The maximum absolute atomic E-state index is 5.97. The van der Waals surface area contributed by atoms with Gasteiger partial charge in [0.2, 0.25) is 0 Å². The highest BCUT2D eigenvalue weighted by Crippen LogP contribution is 2.25. The zero-order chi connectivity index (χ0) is 14.7. The van der Waals surface area contributed by atoms with Crippen molar-refractivity contribution in [3.05, 3.63) is 50.7 Å². The second-order valence-electron chi connectivity index (χ2n) is 5.35. The third-order valence-corrected chi connectivity index (χ3v) is 4.55. The van der Waals surface area contributed by atoms with Crippen LogP contribution < -0.4 is 10.6 Å². The summed E-state index contributed by atoms with van der Waals surface area (Å²) in [6.07, 6.45) is 0.927. The first-order chi connectivity index (χ1) is 9.45. The fourth-order valence-corrected chi connectivity index (χ4v) is 3.40. The van der Waals surface area contributed by atoms with Crippen LogP contribution >= 0.6 is 22.9 Å². The minimum absolute atomic E-state index is 0.200. The van der Waals surface area contributed by atoms with Gasteiger partial charge in [-0.05, 0) is 55.7 Å². The SMILES string of the molecule is Cc1cc(N(C)Cc2ccc(Cl)s2)ccc1CC(C)N. The molecule has 2 rings (SSSR count). The average Bonchev–Trinajstić information content (AvgIpc) is 2.76. The molecule has 1 atom stereocenters. The van der Waals surface area contributed by atoms with Gasteiger partial charge in [-0.1, -0.05) is 17.7 Å². The van der Waals surface area contributed by atoms with Crippen LogP contribution in [0.3, 0.4) is 0 Å². The fraction of sp³-hybridized carbons (Fsp3) is 0.375. The smallest absolute Gasteiger partial charge is 0.0931 e. The van der Waals surface area contributed by atoms with Gasteiger partial charge in [0.15, 0.2) is 0 Å². The Kier molecular flexibility index (Phi) is 5.08. The van der Waals surface area contributed by atoms with Gasteiger partial charge in [-0.25, -0.2) is 0 Å². The van der Waals surface area contributed by atoms with E-state index >= 15 is 0 Å². The van der Waals surface area contributed by atoms with Gasteiger partial charge in [-0.15, -0.1) is 11.3 Å². The summed E-state index contributed by atoms with van der Waals surface area (Å²) >= 11 is 7.61. The summed E-state index contributed by atoms with van der Waals surface area (Å²) in [7, 11) is 2.10. The van der Waals surface area contributed by atoms with Crippen LogP contribution in [0.2, 0.25) is 4.34 Å². The topological polar surface area (TPSA) is 29.3 Å². The molecule has 20 heavy (non-hydrogen) atoms. The maximum Gasteiger partial charge on any atom is 0.0931 e. The van der Waals surface area contributed by atoms with Gasteiger partial charge in [0.1, 0.15) is 0 Å². The minimum Gasteiger partial charge on any atom is -0.369 e. The summed E-state index contributed by atoms with van der Waals surface area (Å²) in [5.41, 5.74) is 9.73. The Labute approximate surface area is 130 Å². The number of hydrogen-bond donors (Lipinski definition) is 1. The Morgan fingerprint density at radius 1 is 1.30 bits per heavy atom. The highest BCUT2D eigenvalue weighted by atomic mass is 35.5. The number of nitrogens with two attached hydrogens (primary N) is 1. The van der Waals surface area contributed by atoms with Crippen LogP contribution in [0, 0.1) is 6.92 Å². The predicted octanol–water partition coefficient (Wildman–Crippen LogP) is 4.24. The zero-order valence-electron chi connectivity index (χ0n) is 12.2. The van der Waals surface area contributed by atoms with E-state index in [0.717, 1.165) is 17.3 Å². The number of aryl methyl sites for hydroxylation is 1. The molecule has 2 nitrogen and oxygen atoms in total. The zero-order valence-corrected chi connectivity index (χ0v) is 13.8. The molecule has 0 saturated heterocycles. The molecule has 1 aromatic carbocycles. The number of thiophene rings is 1. The summed E-state index contributed by atoms with van der Waals surface area (Å²) in [6, 6.07) is 10.8. The van der Waals surface area contributed by atoms with Crippen LogP contribution in [0.25, 0.3) is 0 Å². The number of rotatable bonds is 5. The lowest BCUT2D eigenvalue weighted by atomic mass is 10.0. The highest BCUT2D eigenvalue weighted by Gasteiger charge is 2.07. The van der Waals surface area contributed by atoms with Crippen LogP contribution in [0.15, 0.2) is 30.3 Å². The number of hydrogen-bond acceptors (Lipinski definition) is 3. The first-order valence-corrected chi connectivity index (χ1v) is 7.95. The summed E-state index contributed by atoms with van der Waals surface area (Å²) in [5, 5.41) is 0. The number of nitrogens with zero attached hydrogens (tertiary/aromatic N) is 1. The van der Waals surface area contributed by atoms with E-state index in [0.29, 0.717) is 0 Å². The lowest BCUT2D eigenvalue weighted by molar-refractivity contribution is 0.734. The van der Waals surface area contributed by atoms with Crippen LogP contribution in [-0.2, 0) is 13.0 Å². The predicted molar refractivity (Wildman–Crippen MR) is 90.0 cm³/mol. The van der Waals surface area contributed by atoms with Crippen molar-refractivity contribution >= 4 is 28.6 Å². The maximum atomic E-state index is 5.97. The molecule has 1 unspecified atom stereocenters. The standard InChI is InChI=1S/C16H21ClN2S/c1-11-8-14(5-4-13(11)9-12(2)18)19(3)10-15-6-7-16(17)20-15/h4-8,12H,9-10,18H2,1-3H3. The number of anilines is 1. The Hall–Kier alpha value is -1.03. The van der Waals surface area contributed by atoms with E-state index in [1.807, 2.05) is 13.0 Å². The molecule has 0 bridgehead atoms. The van der Waals surface area contributed by atoms with Crippen LogP contribution in [0.4, 0.5) is 5.69 Å². The summed E-state index contributed by atoms with van der Waals surface area (Å²) in [4.78, 5) is 3.51. The normalized spacial score (nSPS) is 12.4. The van der Waals surface area contributed by atoms with E-state index in [2.05, 4.69) is 43.1 Å². The molecule has 0 aliphatic rings. The monoisotopic (exact) mass is 308 g/mol. The van der Waals surface area contributed by atoms with Crippen LogP contribution in [0.5, 0.6) is 0 Å². The van der Waals surface area contributed by atoms with Crippen molar-refractivity contribution in [1.82, 2.24) is 0 Å². The summed E-state index contributed by atoms with van der Waals surface area (Å²) < 4.78 is 0.844. The third-order valence-electron chi connectivity index (χ3n) is 3.33. The van der Waals surface area contributed by atoms with E-state index in [1.54, 1.807) is 11.3 Å². The third kappa shape index (κ3) is 3.98. The van der Waals surface area contributed by atoms with Crippen LogP contribution in [0.1, 0.15) is 22.9 Å². The summed E-state index contributed by atoms with van der Waals surface area (Å²) in [5.74, 6) is 0. The largest absolute Gasteiger partial charge is 0.369 e. The molecule has 0 fully saturated rings. The van der Waals surface area contributed by atoms with Gasteiger partial charge < -0.3 is 10.6 Å². The molecule has 0 radical (unpaired) electrons. The molecule has 0 amide bonds. The van der Waals surface area contributed by atoms with Crippen molar-refractivity contribution in [2.45, 2.75) is 32.9 Å². The van der Waals surface area contributed by atoms with E-state index in [1.165, 1.54) is 21.7 Å². The van der Waals surface area contributed by atoms with Crippen molar-refractivity contribution < 1.29 is 0 Å². The van der Waals surface area contributed by atoms with E-state index < -0.39 is 0 Å². The molecule has 108 valence electrons. The Bertz CT molecular complexity index is 578. The Morgan fingerprint density at radius 3 is 2.60 bits per heavy atom. The van der Waals surface area contributed by atoms with Crippen molar-refractivity contribution in [2.24, 2.45) is 5.73 Å². The molecular weight excluding hydrogens is 288 g/mol. The van der Waals surface area contributed by atoms with Gasteiger partial charge in [0.05, 0.1) is 10.9 Å². The quantitative estimate of drug-likeness (QED) is 0.895. The fourth-order valence-electron chi connectivity index (χ4n) is 2.26. The second-order valence-corrected chi connectivity index (χ2v) is 7.15. The van der Waals surface area contributed by atoms with E-state index in [4.69, 9.17) is 17.3 Å². The first kappa shape index (κ1) is 15.4. The highest BCUT2D eigenvalue weighted by molar-refractivity contribution is 7.16. The average molecular weight is 309 g/mol. The molecular formula is C16H21ClN2S. The van der Waals surface area contributed by atoms with Gasteiger partial charge in [0.25, 0.3) is 0 Å². The molecule has 0 saturated carbocycles. The van der Waals surface area contributed by atoms with Gasteiger partial charge in [-0.3, -0.25) is 0 Å². The second kappa shape index (κ2) is 6.61. The lowest BCUT2D eigenvalue weighted by Gasteiger charge is -2.20. The molecule has 2 aromatic rings. The molecule has 0 aliphatic heterocycles. The first-order valence-electron chi connectivity index (χ1n) is 6.76. The lowest BCUT2D eigenvalue weighted by Crippen LogP contribution is -2.19. The van der Waals surface area contributed by atoms with Gasteiger partial charge in [0, 0.05) is 23.7 Å². The van der Waals surface area contributed by atoms with Crippen molar-refractivity contribution in [2.75, 3.05) is 11.9 Å². The molecule has 1 aromatic heterocycles.